The predicted octanol–water partition coefficient (Wildman–Crippen LogP) is 4.18. The number of aryl methyl sites for hydroxylation is 1. The van der Waals surface area contributed by atoms with Gasteiger partial charge in [0.25, 0.3) is 0 Å². The molecule has 7 heteroatoms. The maximum absolute atomic E-state index is 12.5. The molecule has 0 unspecified atom stereocenters. The van der Waals surface area contributed by atoms with Crippen LogP contribution in [0.15, 0.2) is 29.3 Å². The highest BCUT2D eigenvalue weighted by molar-refractivity contribution is 7.17. The van der Waals surface area contributed by atoms with Gasteiger partial charge in [0.15, 0.2) is 0 Å². The van der Waals surface area contributed by atoms with Gasteiger partial charge in [0, 0.05) is 16.0 Å². The van der Waals surface area contributed by atoms with Crippen molar-refractivity contribution in [2.24, 2.45) is 4.99 Å². The van der Waals surface area contributed by atoms with Crippen LogP contribution in [0.25, 0.3) is 0 Å². The fourth-order valence-electron chi connectivity index (χ4n) is 3.04. The number of aliphatic carboxylic acids is 1. The van der Waals surface area contributed by atoms with Crippen molar-refractivity contribution in [3.05, 3.63) is 45.8 Å². The average molecular weight is 401 g/mol. The number of carboxylic acid groups (broad SMARTS) is 1. The molecule has 1 aliphatic rings. The standard InChI is InChI=1S/C21H24N2O4S/c1-4-5-10-27-15-8-6-14(7-9-15)19-18-12(2)13(3)28-21(18)23-20(26)16(22-19)11-17(24)25/h6-9,16H,4-5,10-11H2,1-3H3,(H,23,26)(H,24,25)/t16-/m0/s1. The van der Waals surface area contributed by atoms with Gasteiger partial charge in [0.05, 0.1) is 18.7 Å². The summed E-state index contributed by atoms with van der Waals surface area (Å²) in [6.45, 7) is 6.77. The third kappa shape index (κ3) is 4.25. The second-order valence-electron chi connectivity index (χ2n) is 6.79. The van der Waals surface area contributed by atoms with Crippen LogP contribution in [0.2, 0.25) is 0 Å². The number of carbonyl (C=O) groups is 2. The van der Waals surface area contributed by atoms with E-state index in [1.807, 2.05) is 38.1 Å². The Hall–Kier alpha value is -2.67. The minimum Gasteiger partial charge on any atom is -0.494 e. The molecule has 28 heavy (non-hydrogen) atoms. The van der Waals surface area contributed by atoms with Crippen LogP contribution < -0.4 is 10.1 Å². The minimum absolute atomic E-state index is 0.347. The summed E-state index contributed by atoms with van der Waals surface area (Å²) in [4.78, 5) is 29.4. The number of aliphatic imine (C=N–C) groups is 1. The number of unbranched alkanes of at least 4 members (excludes halogenated alkanes) is 1. The minimum atomic E-state index is -1.05. The van der Waals surface area contributed by atoms with Crippen molar-refractivity contribution >= 4 is 33.9 Å². The van der Waals surface area contributed by atoms with E-state index in [-0.39, 0.29) is 12.3 Å². The van der Waals surface area contributed by atoms with Crippen LogP contribution in [0, 0.1) is 13.8 Å². The van der Waals surface area contributed by atoms with Gasteiger partial charge in [0.1, 0.15) is 16.8 Å². The van der Waals surface area contributed by atoms with Crippen molar-refractivity contribution in [1.29, 1.82) is 0 Å². The normalized spacial score (nSPS) is 16.0. The third-order valence-corrected chi connectivity index (χ3v) is 5.83. The Kier molecular flexibility index (Phi) is 6.14. The topological polar surface area (TPSA) is 88.0 Å². The first kappa shape index (κ1) is 20.1. The smallest absolute Gasteiger partial charge is 0.306 e. The largest absolute Gasteiger partial charge is 0.494 e. The molecule has 2 aromatic rings. The van der Waals surface area contributed by atoms with Crippen molar-refractivity contribution in [2.45, 2.75) is 46.1 Å². The lowest BCUT2D eigenvalue weighted by atomic mass is 9.99. The van der Waals surface area contributed by atoms with E-state index in [0.717, 1.165) is 45.2 Å². The van der Waals surface area contributed by atoms with E-state index in [0.29, 0.717) is 12.3 Å². The molecule has 1 aromatic heterocycles. The lowest BCUT2D eigenvalue weighted by molar-refractivity contribution is -0.138. The number of carboxylic acids is 1. The summed E-state index contributed by atoms with van der Waals surface area (Å²) in [5.74, 6) is -0.665. The van der Waals surface area contributed by atoms with Gasteiger partial charge < -0.3 is 15.2 Å². The zero-order chi connectivity index (χ0) is 20.3. The molecule has 3 rings (SSSR count). The summed E-state index contributed by atoms with van der Waals surface area (Å²) >= 11 is 1.49. The number of hydrogen-bond donors (Lipinski definition) is 2. The van der Waals surface area contributed by atoms with E-state index in [1.165, 1.54) is 11.3 Å². The van der Waals surface area contributed by atoms with E-state index in [1.54, 1.807) is 0 Å². The number of benzene rings is 1. The Morgan fingerprint density at radius 1 is 1.29 bits per heavy atom. The summed E-state index contributed by atoms with van der Waals surface area (Å²) in [7, 11) is 0. The van der Waals surface area contributed by atoms with Gasteiger partial charge in [-0.2, -0.15) is 0 Å². The quantitative estimate of drug-likeness (QED) is 0.683. The molecule has 1 aliphatic heterocycles. The second-order valence-corrected chi connectivity index (χ2v) is 8.02. The Bertz CT molecular complexity index is 915. The molecule has 6 nitrogen and oxygen atoms in total. The van der Waals surface area contributed by atoms with Crippen LogP contribution in [0.1, 0.15) is 47.8 Å². The van der Waals surface area contributed by atoms with Crippen molar-refractivity contribution < 1.29 is 19.4 Å². The molecule has 0 radical (unpaired) electrons. The number of ether oxygens (including phenoxy) is 1. The highest BCUT2D eigenvalue weighted by Gasteiger charge is 2.30. The second kappa shape index (κ2) is 8.56. The molecule has 1 amide bonds. The van der Waals surface area contributed by atoms with Crippen LogP contribution in [-0.2, 0) is 9.59 Å². The summed E-state index contributed by atoms with van der Waals surface area (Å²) < 4.78 is 5.72. The van der Waals surface area contributed by atoms with E-state index < -0.39 is 12.0 Å². The number of nitrogens with zero attached hydrogens (tertiary/aromatic N) is 1. The summed E-state index contributed by atoms with van der Waals surface area (Å²) in [6.07, 6.45) is 1.72. The lowest BCUT2D eigenvalue weighted by Gasteiger charge is -2.11. The summed E-state index contributed by atoms with van der Waals surface area (Å²) in [5.41, 5.74) is 3.38. The first-order valence-electron chi connectivity index (χ1n) is 9.34. The number of rotatable bonds is 7. The highest BCUT2D eigenvalue weighted by atomic mass is 32.1. The third-order valence-electron chi connectivity index (χ3n) is 4.71. The molecule has 148 valence electrons. The van der Waals surface area contributed by atoms with Crippen LogP contribution >= 0.6 is 11.3 Å². The van der Waals surface area contributed by atoms with Gasteiger partial charge in [-0.3, -0.25) is 14.6 Å². The van der Waals surface area contributed by atoms with Crippen molar-refractivity contribution in [3.8, 4) is 5.75 Å². The molecule has 1 aromatic carbocycles. The molecule has 1 atom stereocenters. The molecule has 2 N–H and O–H groups in total. The molecule has 0 saturated carbocycles. The first-order chi connectivity index (χ1) is 13.4. The van der Waals surface area contributed by atoms with Crippen molar-refractivity contribution in [2.75, 3.05) is 11.9 Å². The Labute approximate surface area is 168 Å². The van der Waals surface area contributed by atoms with E-state index >= 15 is 0 Å². The maximum atomic E-state index is 12.5. The van der Waals surface area contributed by atoms with Gasteiger partial charge in [0.2, 0.25) is 5.91 Å². The molecular formula is C21H24N2O4S. The van der Waals surface area contributed by atoms with Crippen LogP contribution in [0.3, 0.4) is 0 Å². The Morgan fingerprint density at radius 3 is 2.64 bits per heavy atom. The fraction of sp³-hybridized carbons (Fsp3) is 0.381. The summed E-state index contributed by atoms with van der Waals surface area (Å²) in [5, 5.41) is 12.8. The number of amides is 1. The van der Waals surface area contributed by atoms with Gasteiger partial charge in [-0.15, -0.1) is 11.3 Å². The van der Waals surface area contributed by atoms with Crippen LogP contribution in [0.4, 0.5) is 5.00 Å². The van der Waals surface area contributed by atoms with Crippen LogP contribution in [0.5, 0.6) is 5.75 Å². The monoisotopic (exact) mass is 400 g/mol. The molecule has 0 saturated heterocycles. The summed E-state index contributed by atoms with van der Waals surface area (Å²) in [6, 6.07) is 6.61. The zero-order valence-corrected chi connectivity index (χ0v) is 17.1. The van der Waals surface area contributed by atoms with E-state index in [4.69, 9.17) is 4.74 Å². The van der Waals surface area contributed by atoms with Crippen molar-refractivity contribution in [1.82, 2.24) is 0 Å². The molecule has 0 aliphatic carbocycles. The maximum Gasteiger partial charge on any atom is 0.306 e. The molecule has 2 heterocycles. The van der Waals surface area contributed by atoms with Gasteiger partial charge in [-0.1, -0.05) is 13.3 Å². The number of hydrogen-bond acceptors (Lipinski definition) is 5. The number of carbonyl (C=O) groups excluding carboxylic acids is 1. The molecular weight excluding hydrogens is 376 g/mol. The lowest BCUT2D eigenvalue weighted by Crippen LogP contribution is -2.27. The molecule has 0 fully saturated rings. The van der Waals surface area contributed by atoms with Gasteiger partial charge in [-0.05, 0) is 50.1 Å². The number of anilines is 1. The Morgan fingerprint density at radius 2 is 2.00 bits per heavy atom. The first-order valence-corrected chi connectivity index (χ1v) is 10.2. The predicted molar refractivity (Wildman–Crippen MR) is 111 cm³/mol. The van der Waals surface area contributed by atoms with Gasteiger partial charge >= 0.3 is 5.97 Å². The van der Waals surface area contributed by atoms with Crippen LogP contribution in [-0.4, -0.2) is 35.3 Å². The van der Waals surface area contributed by atoms with E-state index in [2.05, 4.69) is 17.2 Å². The zero-order valence-electron chi connectivity index (χ0n) is 16.2. The number of nitrogens with one attached hydrogen (secondary N) is 1. The Balaban J connectivity index is 2.01. The van der Waals surface area contributed by atoms with Crippen molar-refractivity contribution in [3.63, 3.8) is 0 Å². The highest BCUT2D eigenvalue weighted by Crippen LogP contribution is 2.36. The molecule has 0 bridgehead atoms. The average Bonchev–Trinajstić information content (AvgIpc) is 2.85. The number of fused-ring (bicyclic) bond motifs is 1. The van der Waals surface area contributed by atoms with E-state index in [9.17, 15) is 14.7 Å². The SMILES string of the molecule is CCCCOc1ccc(C2=N[C@@H](CC(=O)O)C(=O)Nc3sc(C)c(C)c32)cc1. The fourth-order valence-corrected chi connectivity index (χ4v) is 4.11. The number of thiophene rings is 1. The molecule has 0 spiro atoms. The van der Waals surface area contributed by atoms with Gasteiger partial charge in [-0.25, -0.2) is 0 Å².